The van der Waals surface area contributed by atoms with Gasteiger partial charge in [-0.05, 0) is 38.8 Å². The highest BCUT2D eigenvalue weighted by Gasteiger charge is 2.26. The van der Waals surface area contributed by atoms with Crippen LogP contribution in [0.4, 0.5) is 0 Å². The number of hydrogen-bond donors (Lipinski definition) is 2. The zero-order chi connectivity index (χ0) is 15.5. The van der Waals surface area contributed by atoms with E-state index in [1.54, 1.807) is 18.4 Å². The summed E-state index contributed by atoms with van der Waals surface area (Å²) in [5, 5.41) is 10.0. The number of aryl methyl sites for hydroxylation is 1. The largest absolute Gasteiger partial charge is 0.464 e. The lowest BCUT2D eigenvalue weighted by Crippen LogP contribution is -2.38. The van der Waals surface area contributed by atoms with Gasteiger partial charge in [-0.3, -0.25) is 4.99 Å². The normalized spacial score (nSPS) is 16.6. The number of guanidine groups is 1. The Bertz CT molecular complexity index is 657. The fourth-order valence-electron chi connectivity index (χ4n) is 2.25. The maximum absolute atomic E-state index is 5.63. The third-order valence-corrected chi connectivity index (χ3v) is 4.75. The minimum Gasteiger partial charge on any atom is -0.464 e. The smallest absolute Gasteiger partial charge is 0.191 e. The molecule has 6 heteroatoms. The molecule has 0 spiro atoms. The van der Waals surface area contributed by atoms with E-state index in [9.17, 15) is 0 Å². The van der Waals surface area contributed by atoms with Crippen molar-refractivity contribution in [1.29, 1.82) is 0 Å². The zero-order valence-electron chi connectivity index (χ0n) is 13.2. The van der Waals surface area contributed by atoms with Gasteiger partial charge >= 0.3 is 0 Å². The SMILES string of the molecule is CN=C(NCc1csc(C2CC2)n1)N[C@H](C)c1ccc(C)o1. The van der Waals surface area contributed by atoms with E-state index >= 15 is 0 Å². The Morgan fingerprint density at radius 2 is 2.32 bits per heavy atom. The molecule has 3 rings (SSSR count). The van der Waals surface area contributed by atoms with Gasteiger partial charge in [-0.2, -0.15) is 0 Å². The molecule has 1 atom stereocenters. The number of aromatic nitrogens is 1. The maximum atomic E-state index is 5.63. The standard InChI is InChI=1S/C16H22N4OS/c1-10-4-7-14(21-10)11(2)19-16(17-3)18-8-13-9-22-15(20-13)12-5-6-12/h4,7,9,11-12H,5-6,8H2,1-3H3,(H2,17,18,19)/t11-/m1/s1. The molecule has 2 aromatic heterocycles. The third kappa shape index (κ3) is 3.68. The Balaban J connectivity index is 1.52. The van der Waals surface area contributed by atoms with Crippen molar-refractivity contribution >= 4 is 17.3 Å². The minimum absolute atomic E-state index is 0.0670. The Morgan fingerprint density at radius 1 is 1.50 bits per heavy atom. The fraction of sp³-hybridized carbons (Fsp3) is 0.500. The molecule has 0 bridgehead atoms. The van der Waals surface area contributed by atoms with Crippen LogP contribution in [-0.2, 0) is 6.54 Å². The molecule has 1 aliphatic carbocycles. The molecule has 5 nitrogen and oxygen atoms in total. The first-order chi connectivity index (χ1) is 10.7. The number of thiazole rings is 1. The van der Waals surface area contributed by atoms with Gasteiger partial charge in [0.25, 0.3) is 0 Å². The summed E-state index contributed by atoms with van der Waals surface area (Å²) < 4.78 is 5.63. The highest BCUT2D eigenvalue weighted by atomic mass is 32.1. The van der Waals surface area contributed by atoms with Gasteiger partial charge in [0.15, 0.2) is 5.96 Å². The Hall–Kier alpha value is -1.82. The molecule has 2 heterocycles. The second kappa shape index (κ2) is 6.52. The first-order valence-electron chi connectivity index (χ1n) is 7.63. The molecular weight excluding hydrogens is 296 g/mol. The lowest BCUT2D eigenvalue weighted by Gasteiger charge is -2.15. The molecule has 0 aliphatic heterocycles. The van der Waals surface area contributed by atoms with E-state index in [1.165, 1.54) is 17.8 Å². The highest BCUT2D eigenvalue weighted by molar-refractivity contribution is 7.09. The molecule has 0 radical (unpaired) electrons. The molecule has 1 saturated carbocycles. The van der Waals surface area contributed by atoms with Gasteiger partial charge in [0, 0.05) is 18.3 Å². The predicted octanol–water partition coefficient (Wildman–Crippen LogP) is 3.35. The third-order valence-electron chi connectivity index (χ3n) is 3.70. The highest BCUT2D eigenvalue weighted by Crippen LogP contribution is 2.41. The number of nitrogens with zero attached hydrogens (tertiary/aromatic N) is 2. The minimum atomic E-state index is 0.0670. The summed E-state index contributed by atoms with van der Waals surface area (Å²) in [6.45, 7) is 4.69. The number of aliphatic imine (C=N–C) groups is 1. The number of hydrogen-bond acceptors (Lipinski definition) is 4. The lowest BCUT2D eigenvalue weighted by molar-refractivity contribution is 0.441. The van der Waals surface area contributed by atoms with Crippen LogP contribution in [0.5, 0.6) is 0 Å². The summed E-state index contributed by atoms with van der Waals surface area (Å²) in [5.41, 5.74) is 1.08. The van der Waals surface area contributed by atoms with E-state index in [2.05, 4.69) is 32.9 Å². The summed E-state index contributed by atoms with van der Waals surface area (Å²) in [5.74, 6) is 3.30. The summed E-state index contributed by atoms with van der Waals surface area (Å²) >= 11 is 1.77. The molecule has 0 aromatic carbocycles. The van der Waals surface area contributed by atoms with Crippen LogP contribution in [0.3, 0.4) is 0 Å². The monoisotopic (exact) mass is 318 g/mol. The van der Waals surface area contributed by atoms with Crippen molar-refractivity contribution in [2.45, 2.75) is 45.2 Å². The van der Waals surface area contributed by atoms with Crippen LogP contribution in [0.2, 0.25) is 0 Å². The lowest BCUT2D eigenvalue weighted by atomic mass is 10.2. The fourth-order valence-corrected chi connectivity index (χ4v) is 3.24. The van der Waals surface area contributed by atoms with E-state index in [0.29, 0.717) is 6.54 Å². The van der Waals surface area contributed by atoms with Crippen molar-refractivity contribution < 1.29 is 4.42 Å². The van der Waals surface area contributed by atoms with Crippen LogP contribution in [0.15, 0.2) is 26.9 Å². The molecule has 1 fully saturated rings. The van der Waals surface area contributed by atoms with Crippen molar-refractivity contribution in [1.82, 2.24) is 15.6 Å². The summed E-state index contributed by atoms with van der Waals surface area (Å²) in [6.07, 6.45) is 2.59. The van der Waals surface area contributed by atoms with Gasteiger partial charge in [0.1, 0.15) is 11.5 Å². The van der Waals surface area contributed by atoms with Crippen LogP contribution in [-0.4, -0.2) is 18.0 Å². The molecule has 1 aliphatic rings. The van der Waals surface area contributed by atoms with Gasteiger partial charge in [-0.15, -0.1) is 11.3 Å². The second-order valence-electron chi connectivity index (χ2n) is 5.69. The number of rotatable bonds is 5. The molecule has 118 valence electrons. The summed E-state index contributed by atoms with van der Waals surface area (Å²) in [7, 11) is 1.77. The average molecular weight is 318 g/mol. The van der Waals surface area contributed by atoms with Gasteiger partial charge < -0.3 is 15.1 Å². The van der Waals surface area contributed by atoms with E-state index in [1.807, 2.05) is 19.1 Å². The van der Waals surface area contributed by atoms with E-state index < -0.39 is 0 Å². The maximum Gasteiger partial charge on any atom is 0.191 e. The van der Waals surface area contributed by atoms with Crippen LogP contribution >= 0.6 is 11.3 Å². The van der Waals surface area contributed by atoms with Crippen LogP contribution in [0.25, 0.3) is 0 Å². The first-order valence-corrected chi connectivity index (χ1v) is 8.51. The Morgan fingerprint density at radius 3 is 2.95 bits per heavy atom. The van der Waals surface area contributed by atoms with E-state index in [-0.39, 0.29) is 6.04 Å². The zero-order valence-corrected chi connectivity index (χ0v) is 14.0. The van der Waals surface area contributed by atoms with Gasteiger partial charge in [-0.25, -0.2) is 4.98 Å². The van der Waals surface area contributed by atoms with Crippen molar-refractivity contribution in [3.63, 3.8) is 0 Å². The van der Waals surface area contributed by atoms with Crippen molar-refractivity contribution in [2.75, 3.05) is 7.05 Å². The van der Waals surface area contributed by atoms with Gasteiger partial charge in [0.05, 0.1) is 23.3 Å². The quantitative estimate of drug-likeness (QED) is 0.655. The predicted molar refractivity (Wildman–Crippen MR) is 89.3 cm³/mol. The average Bonchev–Trinajstić information content (AvgIpc) is 3.09. The van der Waals surface area contributed by atoms with Crippen LogP contribution in [0.1, 0.15) is 53.9 Å². The van der Waals surface area contributed by atoms with Crippen LogP contribution < -0.4 is 10.6 Å². The van der Waals surface area contributed by atoms with Crippen molar-refractivity contribution in [3.05, 3.63) is 39.7 Å². The molecule has 0 unspecified atom stereocenters. The molecule has 2 N–H and O–H groups in total. The van der Waals surface area contributed by atoms with Gasteiger partial charge in [0.2, 0.25) is 0 Å². The Labute approximate surface area is 134 Å². The van der Waals surface area contributed by atoms with Crippen molar-refractivity contribution in [3.8, 4) is 0 Å². The second-order valence-corrected chi connectivity index (χ2v) is 6.58. The van der Waals surface area contributed by atoms with E-state index in [0.717, 1.165) is 29.1 Å². The number of furan rings is 1. The molecule has 2 aromatic rings. The molecule has 0 saturated heterocycles. The Kier molecular flexibility index (Phi) is 4.47. The summed E-state index contributed by atoms with van der Waals surface area (Å²) in [4.78, 5) is 8.93. The molecular formula is C16H22N4OS. The summed E-state index contributed by atoms with van der Waals surface area (Å²) in [6, 6.07) is 4.03. The first kappa shape index (κ1) is 15.1. The van der Waals surface area contributed by atoms with Gasteiger partial charge in [-0.1, -0.05) is 0 Å². The molecule has 22 heavy (non-hydrogen) atoms. The van der Waals surface area contributed by atoms with Crippen LogP contribution in [0, 0.1) is 6.92 Å². The topological polar surface area (TPSA) is 62.5 Å². The van der Waals surface area contributed by atoms with Crippen molar-refractivity contribution in [2.24, 2.45) is 4.99 Å². The number of nitrogens with one attached hydrogen (secondary N) is 2. The van der Waals surface area contributed by atoms with E-state index in [4.69, 9.17) is 4.42 Å². The molecule has 0 amide bonds.